The maximum Gasteiger partial charge on any atom is 0.138 e. The Kier molecular flexibility index (Phi) is 3.51. The van der Waals surface area contributed by atoms with Crippen molar-refractivity contribution >= 4 is 0 Å². The minimum atomic E-state index is 0.816. The Morgan fingerprint density at radius 3 is 2.93 bits per heavy atom. The van der Waals surface area contributed by atoms with Gasteiger partial charge in [0.2, 0.25) is 0 Å². The maximum absolute atomic E-state index is 4.07. The zero-order chi connectivity index (χ0) is 9.64. The molecule has 1 fully saturated rings. The molecule has 0 aliphatic heterocycles. The van der Waals surface area contributed by atoms with Crippen LogP contribution in [0.4, 0.5) is 0 Å². The summed E-state index contributed by atoms with van der Waals surface area (Å²) in [6, 6.07) is 0. The molecule has 1 aliphatic carbocycles. The molecule has 1 aromatic rings. The van der Waals surface area contributed by atoms with Gasteiger partial charge in [-0.15, -0.1) is 0 Å². The Morgan fingerprint density at radius 1 is 1.36 bits per heavy atom. The number of nitrogens with zero attached hydrogens (tertiary/aromatic N) is 2. The first-order chi connectivity index (χ1) is 6.95. The molecule has 0 atom stereocenters. The van der Waals surface area contributed by atoms with E-state index in [4.69, 9.17) is 0 Å². The van der Waals surface area contributed by atoms with Crippen LogP contribution in [0.25, 0.3) is 0 Å². The molecule has 4 heteroatoms. The van der Waals surface area contributed by atoms with Crippen molar-refractivity contribution in [2.45, 2.75) is 38.6 Å². The monoisotopic (exact) mass is 194 g/mol. The highest BCUT2D eigenvalue weighted by Crippen LogP contribution is 2.22. The van der Waals surface area contributed by atoms with Gasteiger partial charge in [0.25, 0.3) is 0 Å². The molecule has 0 bridgehead atoms. The first-order valence-corrected chi connectivity index (χ1v) is 5.50. The summed E-state index contributed by atoms with van der Waals surface area (Å²) < 4.78 is 0. The molecule has 2 rings (SSSR count). The lowest BCUT2D eigenvalue weighted by Crippen LogP contribution is -2.24. The second-order valence-corrected chi connectivity index (χ2v) is 4.07. The quantitative estimate of drug-likeness (QED) is 0.763. The molecule has 0 unspecified atom stereocenters. The fourth-order valence-electron chi connectivity index (χ4n) is 2.10. The third-order valence-corrected chi connectivity index (χ3v) is 2.92. The Hall–Kier alpha value is -0.900. The van der Waals surface area contributed by atoms with Gasteiger partial charge in [-0.3, -0.25) is 5.10 Å². The molecular formula is C10H18N4. The van der Waals surface area contributed by atoms with Crippen molar-refractivity contribution in [1.82, 2.24) is 20.5 Å². The summed E-state index contributed by atoms with van der Waals surface area (Å²) >= 11 is 0. The van der Waals surface area contributed by atoms with E-state index in [1.165, 1.54) is 32.1 Å². The van der Waals surface area contributed by atoms with Crippen LogP contribution < -0.4 is 5.32 Å². The average molecular weight is 194 g/mol. The molecule has 14 heavy (non-hydrogen) atoms. The lowest BCUT2D eigenvalue weighted by atomic mass is 9.89. The van der Waals surface area contributed by atoms with Crippen molar-refractivity contribution < 1.29 is 0 Å². The van der Waals surface area contributed by atoms with Gasteiger partial charge in [-0.2, -0.15) is 5.10 Å². The SMILES string of the molecule is c1n[nH]c(CNCC2CCCCC2)n1. The van der Waals surface area contributed by atoms with Crippen LogP contribution in [0.15, 0.2) is 6.33 Å². The topological polar surface area (TPSA) is 53.6 Å². The zero-order valence-electron chi connectivity index (χ0n) is 8.50. The molecule has 0 radical (unpaired) electrons. The van der Waals surface area contributed by atoms with Crippen LogP contribution in [-0.4, -0.2) is 21.7 Å². The molecule has 0 aromatic carbocycles. The molecule has 0 spiro atoms. The van der Waals surface area contributed by atoms with Crippen molar-refractivity contribution in [3.05, 3.63) is 12.2 Å². The Balaban J connectivity index is 1.62. The molecule has 1 heterocycles. The smallest absolute Gasteiger partial charge is 0.138 e. The van der Waals surface area contributed by atoms with Crippen LogP contribution in [0.2, 0.25) is 0 Å². The number of H-pyrrole nitrogens is 1. The van der Waals surface area contributed by atoms with E-state index >= 15 is 0 Å². The van der Waals surface area contributed by atoms with Gasteiger partial charge in [0.05, 0.1) is 6.54 Å². The highest BCUT2D eigenvalue weighted by atomic mass is 15.2. The van der Waals surface area contributed by atoms with Gasteiger partial charge in [0.15, 0.2) is 0 Å². The van der Waals surface area contributed by atoms with E-state index < -0.39 is 0 Å². The van der Waals surface area contributed by atoms with E-state index in [0.29, 0.717) is 0 Å². The standard InChI is InChI=1S/C10H18N4/c1-2-4-9(5-3-1)6-11-7-10-12-8-13-14-10/h8-9,11H,1-7H2,(H,12,13,14). The van der Waals surface area contributed by atoms with Crippen molar-refractivity contribution in [1.29, 1.82) is 0 Å². The van der Waals surface area contributed by atoms with Crippen LogP contribution in [0.1, 0.15) is 37.9 Å². The van der Waals surface area contributed by atoms with E-state index in [2.05, 4.69) is 20.5 Å². The first-order valence-electron chi connectivity index (χ1n) is 5.50. The maximum atomic E-state index is 4.07. The van der Waals surface area contributed by atoms with E-state index in [0.717, 1.165) is 24.8 Å². The second-order valence-electron chi connectivity index (χ2n) is 4.07. The predicted molar refractivity (Wildman–Crippen MR) is 54.7 cm³/mol. The van der Waals surface area contributed by atoms with Gasteiger partial charge in [-0.05, 0) is 25.3 Å². The van der Waals surface area contributed by atoms with Gasteiger partial charge >= 0.3 is 0 Å². The van der Waals surface area contributed by atoms with E-state index in [9.17, 15) is 0 Å². The van der Waals surface area contributed by atoms with Gasteiger partial charge in [-0.25, -0.2) is 4.98 Å². The van der Waals surface area contributed by atoms with Crippen LogP contribution in [0.5, 0.6) is 0 Å². The van der Waals surface area contributed by atoms with Crippen LogP contribution >= 0.6 is 0 Å². The summed E-state index contributed by atoms with van der Waals surface area (Å²) in [7, 11) is 0. The summed E-state index contributed by atoms with van der Waals surface area (Å²) in [5, 5.41) is 10.1. The third-order valence-electron chi connectivity index (χ3n) is 2.92. The third kappa shape index (κ3) is 2.80. The molecule has 0 amide bonds. The van der Waals surface area contributed by atoms with E-state index in [1.807, 2.05) is 0 Å². The zero-order valence-corrected chi connectivity index (χ0v) is 8.50. The van der Waals surface area contributed by atoms with Gasteiger partial charge in [0, 0.05) is 0 Å². The molecule has 2 N–H and O–H groups in total. The highest BCUT2D eigenvalue weighted by Gasteiger charge is 2.12. The summed E-state index contributed by atoms with van der Waals surface area (Å²) in [5.41, 5.74) is 0. The molecule has 1 saturated carbocycles. The molecule has 4 nitrogen and oxygen atoms in total. The fraction of sp³-hybridized carbons (Fsp3) is 0.800. The number of hydrogen-bond acceptors (Lipinski definition) is 3. The van der Waals surface area contributed by atoms with Crippen LogP contribution in [0.3, 0.4) is 0 Å². The average Bonchev–Trinajstić information content (AvgIpc) is 2.72. The van der Waals surface area contributed by atoms with Crippen LogP contribution in [0, 0.1) is 5.92 Å². The van der Waals surface area contributed by atoms with Crippen molar-refractivity contribution in [2.24, 2.45) is 5.92 Å². The van der Waals surface area contributed by atoms with Crippen molar-refractivity contribution in [3.63, 3.8) is 0 Å². The highest BCUT2D eigenvalue weighted by molar-refractivity contribution is 4.79. The number of nitrogens with one attached hydrogen (secondary N) is 2. The number of hydrogen-bond donors (Lipinski definition) is 2. The van der Waals surface area contributed by atoms with Gasteiger partial charge in [0.1, 0.15) is 12.2 Å². The van der Waals surface area contributed by atoms with Gasteiger partial charge in [-0.1, -0.05) is 19.3 Å². The lowest BCUT2D eigenvalue weighted by molar-refractivity contribution is 0.341. The van der Waals surface area contributed by atoms with Crippen molar-refractivity contribution in [2.75, 3.05) is 6.54 Å². The van der Waals surface area contributed by atoms with E-state index in [-0.39, 0.29) is 0 Å². The molecule has 0 saturated heterocycles. The lowest BCUT2D eigenvalue weighted by Gasteiger charge is -2.21. The molecule has 78 valence electrons. The minimum absolute atomic E-state index is 0.816. The Bertz CT molecular complexity index is 239. The van der Waals surface area contributed by atoms with E-state index in [1.54, 1.807) is 6.33 Å². The summed E-state index contributed by atoms with van der Waals surface area (Å²) in [5.74, 6) is 1.81. The summed E-state index contributed by atoms with van der Waals surface area (Å²) in [6.45, 7) is 1.94. The normalized spacial score (nSPS) is 18.6. The summed E-state index contributed by atoms with van der Waals surface area (Å²) in [6.07, 6.45) is 8.59. The van der Waals surface area contributed by atoms with Crippen LogP contribution in [-0.2, 0) is 6.54 Å². The Morgan fingerprint density at radius 2 is 2.21 bits per heavy atom. The number of aromatic amines is 1. The fourth-order valence-corrected chi connectivity index (χ4v) is 2.10. The molecular weight excluding hydrogens is 176 g/mol. The minimum Gasteiger partial charge on any atom is -0.310 e. The number of aromatic nitrogens is 3. The van der Waals surface area contributed by atoms with Crippen molar-refractivity contribution in [3.8, 4) is 0 Å². The van der Waals surface area contributed by atoms with Gasteiger partial charge < -0.3 is 5.32 Å². The molecule has 1 aliphatic rings. The first kappa shape index (κ1) is 9.65. The Labute approximate surface area is 84.5 Å². The molecule has 1 aromatic heterocycles. The number of rotatable bonds is 4. The predicted octanol–water partition coefficient (Wildman–Crippen LogP) is 1.47. The largest absolute Gasteiger partial charge is 0.310 e. The summed E-state index contributed by atoms with van der Waals surface area (Å²) in [4.78, 5) is 4.07. The second kappa shape index (κ2) is 5.10.